The van der Waals surface area contributed by atoms with Crippen LogP contribution in [0.1, 0.15) is 70.6 Å². The Kier molecular flexibility index (Phi) is 9.06. The molecule has 2 heteroatoms. The van der Waals surface area contributed by atoms with Crippen molar-refractivity contribution in [2.24, 2.45) is 0 Å². The summed E-state index contributed by atoms with van der Waals surface area (Å²) in [4.78, 5) is 0. The van der Waals surface area contributed by atoms with Crippen molar-refractivity contribution in [3.8, 4) is 12.0 Å². The van der Waals surface area contributed by atoms with E-state index < -0.39 is 0 Å². The maximum atomic E-state index is 3.14. The largest absolute Gasteiger partial charge is 0.281 e. The molecule has 1 aliphatic heterocycles. The second kappa shape index (κ2) is 10.8. The van der Waals surface area contributed by atoms with Gasteiger partial charge in [-0.25, -0.2) is 5.43 Å². The highest BCUT2D eigenvalue weighted by Gasteiger charge is 1.93. The predicted octanol–water partition coefficient (Wildman–Crippen LogP) is 3.35. The van der Waals surface area contributed by atoms with E-state index in [2.05, 4.69) is 22.8 Å². The first-order valence-corrected chi connectivity index (χ1v) is 6.96. The maximum Gasteiger partial charge on any atom is 0.0201 e. The molecule has 92 valence electrons. The molecule has 0 aromatic rings. The molecular formula is C14H26N2. The quantitative estimate of drug-likeness (QED) is 0.614. The minimum absolute atomic E-state index is 1.04. The monoisotopic (exact) mass is 222 g/mol. The van der Waals surface area contributed by atoms with E-state index in [1.54, 1.807) is 0 Å². The van der Waals surface area contributed by atoms with Crippen LogP contribution in [0.15, 0.2) is 0 Å². The first-order valence-electron chi connectivity index (χ1n) is 6.96. The average Bonchev–Trinajstić information content (AvgIpc) is 2.29. The molecule has 0 aromatic heterocycles. The molecule has 0 spiro atoms. The van der Waals surface area contributed by atoms with E-state index in [4.69, 9.17) is 0 Å². The van der Waals surface area contributed by atoms with Gasteiger partial charge in [0, 0.05) is 19.0 Å². The minimum atomic E-state index is 1.04. The lowest BCUT2D eigenvalue weighted by Crippen LogP contribution is -2.28. The second-order valence-electron chi connectivity index (χ2n) is 4.64. The molecule has 1 rings (SSSR count). The van der Waals surface area contributed by atoms with Crippen LogP contribution in [0.4, 0.5) is 0 Å². The molecule has 16 heavy (non-hydrogen) atoms. The van der Waals surface area contributed by atoms with Gasteiger partial charge in [0.05, 0.1) is 0 Å². The van der Waals surface area contributed by atoms with Gasteiger partial charge in [-0.2, -0.15) is 0 Å². The molecule has 1 heterocycles. The van der Waals surface area contributed by atoms with E-state index in [1.807, 2.05) is 0 Å². The van der Waals surface area contributed by atoms with Crippen molar-refractivity contribution >= 4 is 0 Å². The Bertz CT molecular complexity index is 183. The van der Waals surface area contributed by atoms with Crippen LogP contribution < -0.4 is 10.9 Å². The Morgan fingerprint density at radius 1 is 0.625 bits per heavy atom. The molecule has 0 amide bonds. The highest BCUT2D eigenvalue weighted by Crippen LogP contribution is 2.10. The summed E-state index contributed by atoms with van der Waals surface area (Å²) in [5, 5.41) is 0. The molecule has 0 radical (unpaired) electrons. The molecule has 2 nitrogen and oxygen atoms in total. The van der Waals surface area contributed by atoms with Crippen molar-refractivity contribution < 1.29 is 0 Å². The summed E-state index contributed by atoms with van der Waals surface area (Å²) >= 11 is 0. The van der Waals surface area contributed by atoms with Gasteiger partial charge >= 0.3 is 0 Å². The number of hydrazine groups is 1. The van der Waals surface area contributed by atoms with Crippen LogP contribution in [0.25, 0.3) is 0 Å². The van der Waals surface area contributed by atoms with Gasteiger partial charge in [0.15, 0.2) is 0 Å². The van der Waals surface area contributed by atoms with Crippen LogP contribution in [-0.4, -0.2) is 6.54 Å². The molecule has 0 aromatic carbocycles. The summed E-state index contributed by atoms with van der Waals surface area (Å²) in [5.74, 6) is 3.14. The summed E-state index contributed by atoms with van der Waals surface area (Å²) < 4.78 is 0. The molecule has 0 saturated carbocycles. The highest BCUT2D eigenvalue weighted by molar-refractivity contribution is 4.95. The van der Waals surface area contributed by atoms with Crippen LogP contribution >= 0.6 is 0 Å². The van der Waals surface area contributed by atoms with Crippen molar-refractivity contribution in [1.82, 2.24) is 10.9 Å². The normalized spacial score (nSPS) is 21.5. The molecule has 1 aliphatic rings. The van der Waals surface area contributed by atoms with Gasteiger partial charge < -0.3 is 0 Å². The summed E-state index contributed by atoms with van der Waals surface area (Å²) in [6.07, 6.45) is 14.8. The van der Waals surface area contributed by atoms with Crippen molar-refractivity contribution in [2.45, 2.75) is 70.6 Å². The molecule has 0 atom stereocenters. The number of hydrogen-bond acceptors (Lipinski definition) is 2. The van der Waals surface area contributed by atoms with E-state index in [-0.39, 0.29) is 0 Å². The Morgan fingerprint density at radius 3 is 1.88 bits per heavy atom. The third-order valence-electron chi connectivity index (χ3n) is 3.09. The van der Waals surface area contributed by atoms with Crippen LogP contribution in [0.2, 0.25) is 0 Å². The molecule has 0 fully saturated rings. The fourth-order valence-corrected chi connectivity index (χ4v) is 2.05. The minimum Gasteiger partial charge on any atom is -0.281 e. The standard InChI is InChI=1S/C14H26N2/c1-2-4-6-8-10-12-14-16-15-13-11-9-7-5-3-1/h15-16H,1-11,13H2. The lowest BCUT2D eigenvalue weighted by atomic mass is 10.1. The van der Waals surface area contributed by atoms with E-state index in [1.165, 1.54) is 64.2 Å². The highest BCUT2D eigenvalue weighted by atomic mass is 15.3. The number of rotatable bonds is 0. The number of hydrogen-bond donors (Lipinski definition) is 2. The van der Waals surface area contributed by atoms with Gasteiger partial charge in [0.2, 0.25) is 0 Å². The second-order valence-corrected chi connectivity index (χ2v) is 4.64. The predicted molar refractivity (Wildman–Crippen MR) is 69.7 cm³/mol. The molecule has 0 saturated heterocycles. The lowest BCUT2D eigenvalue weighted by Gasteiger charge is -2.04. The van der Waals surface area contributed by atoms with Crippen LogP contribution in [-0.2, 0) is 0 Å². The van der Waals surface area contributed by atoms with Gasteiger partial charge in [-0.15, -0.1) is 0 Å². The Hall–Kier alpha value is -0.680. The first kappa shape index (κ1) is 13.4. The van der Waals surface area contributed by atoms with Crippen molar-refractivity contribution in [2.75, 3.05) is 6.54 Å². The van der Waals surface area contributed by atoms with Gasteiger partial charge in [0.25, 0.3) is 0 Å². The van der Waals surface area contributed by atoms with E-state index in [0.29, 0.717) is 0 Å². The zero-order valence-electron chi connectivity index (χ0n) is 10.5. The Balaban J connectivity index is 2.10. The average molecular weight is 222 g/mol. The van der Waals surface area contributed by atoms with Gasteiger partial charge in [0.1, 0.15) is 0 Å². The third kappa shape index (κ3) is 8.61. The molecular weight excluding hydrogens is 196 g/mol. The molecule has 0 unspecified atom stereocenters. The zero-order chi connectivity index (χ0) is 11.3. The Labute approximate surface area is 101 Å². The topological polar surface area (TPSA) is 24.1 Å². The molecule has 0 aliphatic carbocycles. The summed E-state index contributed by atoms with van der Waals surface area (Å²) in [6.45, 7) is 1.04. The number of nitrogens with one attached hydrogen (secondary N) is 2. The summed E-state index contributed by atoms with van der Waals surface area (Å²) in [5.41, 5.74) is 6.10. The van der Waals surface area contributed by atoms with Crippen molar-refractivity contribution in [1.29, 1.82) is 0 Å². The zero-order valence-corrected chi connectivity index (χ0v) is 10.5. The van der Waals surface area contributed by atoms with Crippen molar-refractivity contribution in [3.05, 3.63) is 0 Å². The first-order chi connectivity index (χ1) is 8.00. The third-order valence-corrected chi connectivity index (χ3v) is 3.09. The molecule has 0 bridgehead atoms. The molecule has 2 N–H and O–H groups in total. The lowest BCUT2D eigenvalue weighted by molar-refractivity contribution is 0.532. The fourth-order valence-electron chi connectivity index (χ4n) is 2.05. The van der Waals surface area contributed by atoms with Crippen LogP contribution in [0.3, 0.4) is 0 Å². The van der Waals surface area contributed by atoms with Gasteiger partial charge in [-0.1, -0.05) is 57.3 Å². The van der Waals surface area contributed by atoms with E-state index >= 15 is 0 Å². The summed E-state index contributed by atoms with van der Waals surface area (Å²) in [7, 11) is 0. The van der Waals surface area contributed by atoms with Gasteiger partial charge in [-0.3, -0.25) is 5.43 Å². The fraction of sp³-hybridized carbons (Fsp3) is 0.857. The smallest absolute Gasteiger partial charge is 0.0201 e. The summed E-state index contributed by atoms with van der Waals surface area (Å²) in [6, 6.07) is 2.96. The van der Waals surface area contributed by atoms with E-state index in [0.717, 1.165) is 13.0 Å². The van der Waals surface area contributed by atoms with Crippen LogP contribution in [0.5, 0.6) is 0 Å². The Morgan fingerprint density at radius 2 is 1.19 bits per heavy atom. The van der Waals surface area contributed by atoms with Crippen molar-refractivity contribution in [3.63, 3.8) is 0 Å². The maximum absolute atomic E-state index is 3.14. The van der Waals surface area contributed by atoms with Gasteiger partial charge in [-0.05, 0) is 12.8 Å². The van der Waals surface area contributed by atoms with E-state index in [9.17, 15) is 0 Å². The SMILES string of the molecule is C1#CNNCCCCCCCCCCCC1. The van der Waals surface area contributed by atoms with Crippen LogP contribution in [0, 0.1) is 12.0 Å².